The van der Waals surface area contributed by atoms with Gasteiger partial charge in [-0.3, -0.25) is 19.8 Å². The van der Waals surface area contributed by atoms with Gasteiger partial charge in [0.15, 0.2) is 0 Å². The maximum atomic E-state index is 12.2. The average molecular weight is 254 g/mol. The van der Waals surface area contributed by atoms with Gasteiger partial charge in [0.25, 0.3) is 0 Å². The minimum absolute atomic E-state index is 0.102. The molecule has 0 spiro atoms. The minimum Gasteiger partial charge on any atom is -0.277 e. The van der Waals surface area contributed by atoms with Crippen LogP contribution in [0, 0.1) is 17.8 Å². The second-order valence-electron chi connectivity index (χ2n) is 5.15. The Morgan fingerprint density at radius 2 is 1.72 bits per heavy atom. The third-order valence-corrected chi connectivity index (χ3v) is 3.55. The summed E-state index contributed by atoms with van der Waals surface area (Å²) >= 11 is 0. The number of hydrogen-bond acceptors (Lipinski definition) is 3. The Labute approximate surface area is 108 Å². The monoisotopic (exact) mass is 254 g/mol. The second-order valence-corrected chi connectivity index (χ2v) is 5.15. The van der Waals surface area contributed by atoms with Crippen molar-refractivity contribution in [2.24, 2.45) is 17.8 Å². The molecule has 102 valence electrons. The first-order valence-electron chi connectivity index (χ1n) is 6.58. The smallest absolute Gasteiger partial charge is 0.277 e. The van der Waals surface area contributed by atoms with Gasteiger partial charge >= 0.3 is 6.03 Å². The molecule has 4 amide bonds. The van der Waals surface area contributed by atoms with Gasteiger partial charge in [0, 0.05) is 6.54 Å². The predicted octanol–water partition coefficient (Wildman–Crippen LogP) is 1.77. The second kappa shape index (κ2) is 5.98. The van der Waals surface area contributed by atoms with Crippen LogP contribution in [-0.4, -0.2) is 29.3 Å². The first-order chi connectivity index (χ1) is 8.42. The van der Waals surface area contributed by atoms with E-state index in [0.29, 0.717) is 12.5 Å². The summed E-state index contributed by atoms with van der Waals surface area (Å²) in [4.78, 5) is 36.8. The van der Waals surface area contributed by atoms with Gasteiger partial charge in [-0.15, -0.1) is 0 Å². The molecule has 0 aliphatic carbocycles. The third-order valence-electron chi connectivity index (χ3n) is 3.55. The van der Waals surface area contributed by atoms with Crippen molar-refractivity contribution in [3.63, 3.8) is 0 Å². The van der Waals surface area contributed by atoms with Crippen molar-refractivity contribution in [3.8, 4) is 0 Å². The zero-order chi connectivity index (χ0) is 13.9. The average Bonchev–Trinajstić information content (AvgIpc) is 2.28. The highest BCUT2D eigenvalue weighted by Crippen LogP contribution is 2.21. The van der Waals surface area contributed by atoms with Crippen LogP contribution in [0.1, 0.15) is 40.5 Å². The SMILES string of the molecule is CCC(CC)CN1C(=O)NC(=O)C(C(C)C)C1=O. The molecule has 1 unspecified atom stereocenters. The molecule has 1 aliphatic heterocycles. The van der Waals surface area contributed by atoms with Crippen molar-refractivity contribution in [3.05, 3.63) is 0 Å². The number of nitrogens with one attached hydrogen (secondary N) is 1. The van der Waals surface area contributed by atoms with Gasteiger partial charge in [0.2, 0.25) is 11.8 Å². The van der Waals surface area contributed by atoms with Gasteiger partial charge in [-0.25, -0.2) is 4.79 Å². The number of imide groups is 2. The van der Waals surface area contributed by atoms with Gasteiger partial charge in [-0.05, 0) is 11.8 Å². The van der Waals surface area contributed by atoms with E-state index in [2.05, 4.69) is 5.32 Å². The quantitative estimate of drug-likeness (QED) is 0.760. The molecule has 1 fully saturated rings. The highest BCUT2D eigenvalue weighted by Gasteiger charge is 2.42. The molecule has 5 heteroatoms. The molecule has 1 heterocycles. The van der Waals surface area contributed by atoms with Crippen LogP contribution in [0.2, 0.25) is 0 Å². The fourth-order valence-electron chi connectivity index (χ4n) is 2.20. The molecular formula is C13H22N2O3. The number of rotatable bonds is 5. The maximum absolute atomic E-state index is 12.2. The molecule has 1 rings (SSSR count). The van der Waals surface area contributed by atoms with Crippen molar-refractivity contribution in [2.75, 3.05) is 6.54 Å². The summed E-state index contributed by atoms with van der Waals surface area (Å²) in [5, 5.41) is 2.27. The number of barbiturate groups is 1. The number of nitrogens with zero attached hydrogens (tertiary/aromatic N) is 1. The Balaban J connectivity index is 2.86. The van der Waals surface area contributed by atoms with Crippen LogP contribution >= 0.6 is 0 Å². The standard InChI is InChI=1S/C13H22N2O3/c1-5-9(6-2)7-15-12(17)10(8(3)4)11(16)14-13(15)18/h8-10H,5-7H2,1-4H3,(H,14,16,18). The van der Waals surface area contributed by atoms with E-state index >= 15 is 0 Å². The van der Waals surface area contributed by atoms with Crippen LogP contribution in [-0.2, 0) is 9.59 Å². The van der Waals surface area contributed by atoms with Crippen molar-refractivity contribution in [1.29, 1.82) is 0 Å². The molecule has 1 saturated heterocycles. The molecule has 5 nitrogen and oxygen atoms in total. The Morgan fingerprint density at radius 3 is 2.17 bits per heavy atom. The molecule has 0 aromatic carbocycles. The number of amides is 4. The fraction of sp³-hybridized carbons (Fsp3) is 0.769. The van der Waals surface area contributed by atoms with E-state index in [1.807, 2.05) is 27.7 Å². The van der Waals surface area contributed by atoms with Crippen LogP contribution in [0.5, 0.6) is 0 Å². The fourth-order valence-corrected chi connectivity index (χ4v) is 2.20. The number of carbonyl (C=O) groups excluding carboxylic acids is 3. The van der Waals surface area contributed by atoms with E-state index in [1.165, 1.54) is 4.90 Å². The normalized spacial score (nSPS) is 20.9. The molecular weight excluding hydrogens is 232 g/mol. The van der Waals surface area contributed by atoms with E-state index in [0.717, 1.165) is 12.8 Å². The Bertz CT molecular complexity index is 348. The van der Waals surface area contributed by atoms with Crippen LogP contribution in [0.4, 0.5) is 4.79 Å². The zero-order valence-electron chi connectivity index (χ0n) is 11.5. The summed E-state index contributed by atoms with van der Waals surface area (Å²) in [6.45, 7) is 8.09. The first-order valence-corrected chi connectivity index (χ1v) is 6.58. The van der Waals surface area contributed by atoms with E-state index in [-0.39, 0.29) is 11.8 Å². The Hall–Kier alpha value is -1.39. The molecule has 1 aliphatic rings. The summed E-state index contributed by atoms with van der Waals surface area (Å²) in [5.41, 5.74) is 0. The lowest BCUT2D eigenvalue weighted by Crippen LogP contribution is -2.59. The number of carbonyl (C=O) groups is 3. The number of urea groups is 1. The number of hydrogen-bond donors (Lipinski definition) is 1. The molecule has 0 aromatic heterocycles. The van der Waals surface area contributed by atoms with Crippen molar-refractivity contribution < 1.29 is 14.4 Å². The van der Waals surface area contributed by atoms with Gasteiger partial charge in [0.1, 0.15) is 5.92 Å². The third kappa shape index (κ3) is 2.89. The van der Waals surface area contributed by atoms with Crippen LogP contribution in [0.3, 0.4) is 0 Å². The largest absolute Gasteiger partial charge is 0.330 e. The molecule has 0 aromatic rings. The minimum atomic E-state index is -0.739. The highest BCUT2D eigenvalue weighted by molar-refractivity contribution is 6.16. The summed E-state index contributed by atoms with van der Waals surface area (Å²) in [6, 6.07) is -0.575. The molecule has 18 heavy (non-hydrogen) atoms. The van der Waals surface area contributed by atoms with E-state index in [4.69, 9.17) is 0 Å². The van der Waals surface area contributed by atoms with Gasteiger partial charge in [0.05, 0.1) is 0 Å². The topological polar surface area (TPSA) is 66.5 Å². The van der Waals surface area contributed by atoms with Crippen LogP contribution in [0.15, 0.2) is 0 Å². The predicted molar refractivity (Wildman–Crippen MR) is 67.7 cm³/mol. The molecule has 1 atom stereocenters. The lowest BCUT2D eigenvalue weighted by molar-refractivity contribution is -0.144. The molecule has 0 saturated carbocycles. The summed E-state index contributed by atoms with van der Waals surface area (Å²) in [6.07, 6.45) is 1.82. The van der Waals surface area contributed by atoms with E-state index in [1.54, 1.807) is 0 Å². The lowest BCUT2D eigenvalue weighted by atomic mass is 9.91. The first kappa shape index (κ1) is 14.7. The van der Waals surface area contributed by atoms with E-state index in [9.17, 15) is 14.4 Å². The van der Waals surface area contributed by atoms with E-state index < -0.39 is 17.9 Å². The van der Waals surface area contributed by atoms with Gasteiger partial charge in [-0.1, -0.05) is 40.5 Å². The zero-order valence-corrected chi connectivity index (χ0v) is 11.5. The summed E-state index contributed by atoms with van der Waals surface area (Å²) < 4.78 is 0. The van der Waals surface area contributed by atoms with Crippen molar-refractivity contribution in [1.82, 2.24) is 10.2 Å². The van der Waals surface area contributed by atoms with Crippen LogP contribution in [0.25, 0.3) is 0 Å². The molecule has 0 bridgehead atoms. The van der Waals surface area contributed by atoms with Gasteiger partial charge < -0.3 is 0 Å². The Kier molecular flexibility index (Phi) is 4.87. The lowest BCUT2D eigenvalue weighted by Gasteiger charge is -2.33. The van der Waals surface area contributed by atoms with Gasteiger partial charge in [-0.2, -0.15) is 0 Å². The summed E-state index contributed by atoms with van der Waals surface area (Å²) in [7, 11) is 0. The molecule has 1 N–H and O–H groups in total. The van der Waals surface area contributed by atoms with Crippen LogP contribution < -0.4 is 5.32 Å². The highest BCUT2D eigenvalue weighted by atomic mass is 16.2. The summed E-state index contributed by atoms with van der Waals surface area (Å²) in [5.74, 6) is -1.38. The Morgan fingerprint density at radius 1 is 1.17 bits per heavy atom. The molecule has 0 radical (unpaired) electrons. The maximum Gasteiger partial charge on any atom is 0.330 e. The van der Waals surface area contributed by atoms with Crippen molar-refractivity contribution in [2.45, 2.75) is 40.5 Å². The van der Waals surface area contributed by atoms with Crippen molar-refractivity contribution >= 4 is 17.8 Å².